The fourth-order valence-electron chi connectivity index (χ4n) is 1.53. The van der Waals surface area contributed by atoms with Crippen LogP contribution in [-0.2, 0) is 0 Å². The molecule has 0 atom stereocenters. The van der Waals surface area contributed by atoms with Crippen LogP contribution in [0.15, 0.2) is 51.4 Å². The molecule has 2 aromatic rings. The summed E-state index contributed by atoms with van der Waals surface area (Å²) in [5.74, 6) is -0.280. The number of hydrogen-bond acceptors (Lipinski definition) is 2. The van der Waals surface area contributed by atoms with Crippen LogP contribution >= 0.6 is 31.9 Å². The predicted octanol–water partition coefficient (Wildman–Crippen LogP) is 4.61. The van der Waals surface area contributed by atoms with Gasteiger partial charge in [0.25, 0.3) is 0 Å². The van der Waals surface area contributed by atoms with Crippen molar-refractivity contribution < 1.29 is 13.9 Å². The van der Waals surface area contributed by atoms with Gasteiger partial charge in [-0.25, -0.2) is 4.39 Å². The molecule has 19 heavy (non-hydrogen) atoms. The number of Topliss-reactive ketones (excluding diaryl/α,β-unsaturated/α-hetero) is 1. The Labute approximate surface area is 126 Å². The number of carbonyl (C=O) groups is 1. The third-order valence-electron chi connectivity index (χ3n) is 2.38. The Balaban J connectivity index is 2.07. The van der Waals surface area contributed by atoms with Crippen LogP contribution in [0.1, 0.15) is 10.4 Å². The highest BCUT2D eigenvalue weighted by Gasteiger charge is 2.10. The molecule has 0 aliphatic heterocycles. The summed E-state index contributed by atoms with van der Waals surface area (Å²) in [5, 5.41) is 0. The molecule has 2 nitrogen and oxygen atoms in total. The molecule has 2 rings (SSSR count). The first-order valence-electron chi connectivity index (χ1n) is 5.43. The normalized spacial score (nSPS) is 10.3. The highest BCUT2D eigenvalue weighted by molar-refractivity contribution is 9.10. The lowest BCUT2D eigenvalue weighted by Crippen LogP contribution is -2.12. The molecule has 0 unspecified atom stereocenters. The van der Waals surface area contributed by atoms with E-state index in [2.05, 4.69) is 31.9 Å². The predicted molar refractivity (Wildman–Crippen MR) is 78.1 cm³/mol. The zero-order valence-electron chi connectivity index (χ0n) is 9.70. The highest BCUT2D eigenvalue weighted by Crippen LogP contribution is 2.21. The maximum atomic E-state index is 13.1. The van der Waals surface area contributed by atoms with E-state index in [0.29, 0.717) is 20.3 Å². The van der Waals surface area contributed by atoms with E-state index in [1.54, 1.807) is 24.3 Å². The van der Waals surface area contributed by atoms with E-state index in [9.17, 15) is 9.18 Å². The van der Waals surface area contributed by atoms with Crippen LogP contribution in [0.4, 0.5) is 4.39 Å². The first kappa shape index (κ1) is 14.2. The minimum Gasteiger partial charge on any atom is -0.485 e. The molecule has 0 aliphatic rings. The molecule has 0 spiro atoms. The largest absolute Gasteiger partial charge is 0.485 e. The van der Waals surface area contributed by atoms with Crippen LogP contribution in [0.2, 0.25) is 0 Å². The smallest absolute Gasteiger partial charge is 0.201 e. The van der Waals surface area contributed by atoms with Crippen LogP contribution < -0.4 is 4.74 Å². The van der Waals surface area contributed by atoms with Gasteiger partial charge in [-0.1, -0.05) is 50.1 Å². The summed E-state index contributed by atoms with van der Waals surface area (Å²) in [7, 11) is 0. The summed E-state index contributed by atoms with van der Waals surface area (Å²) in [6.07, 6.45) is 0. The maximum absolute atomic E-state index is 13.1. The molecule has 2 aromatic carbocycles. The van der Waals surface area contributed by atoms with Gasteiger partial charge in [-0.05, 0) is 18.2 Å². The first-order chi connectivity index (χ1) is 9.06. The molecular formula is C14H9Br2FO2. The number of benzene rings is 2. The monoisotopic (exact) mass is 386 g/mol. The Morgan fingerprint density at radius 3 is 2.58 bits per heavy atom. The van der Waals surface area contributed by atoms with Gasteiger partial charge in [0.2, 0.25) is 5.78 Å². The van der Waals surface area contributed by atoms with Crippen LogP contribution in [0.3, 0.4) is 0 Å². The van der Waals surface area contributed by atoms with Crippen LogP contribution in [0.25, 0.3) is 0 Å². The van der Waals surface area contributed by atoms with Crippen LogP contribution in [0, 0.1) is 5.82 Å². The van der Waals surface area contributed by atoms with E-state index >= 15 is 0 Å². The fraction of sp³-hybridized carbons (Fsp3) is 0.0714. The van der Waals surface area contributed by atoms with Crippen molar-refractivity contribution in [2.24, 2.45) is 0 Å². The average molecular weight is 388 g/mol. The lowest BCUT2D eigenvalue weighted by atomic mass is 10.1. The lowest BCUT2D eigenvalue weighted by Gasteiger charge is -2.07. The van der Waals surface area contributed by atoms with Crippen molar-refractivity contribution in [3.05, 3.63) is 62.8 Å². The highest BCUT2D eigenvalue weighted by atomic mass is 79.9. The van der Waals surface area contributed by atoms with Gasteiger partial charge in [0.05, 0.1) is 0 Å². The third-order valence-corrected chi connectivity index (χ3v) is 3.53. The van der Waals surface area contributed by atoms with Gasteiger partial charge in [-0.2, -0.15) is 0 Å². The van der Waals surface area contributed by atoms with Crippen molar-refractivity contribution in [1.29, 1.82) is 0 Å². The number of carbonyl (C=O) groups excluding carboxylic acids is 1. The maximum Gasteiger partial charge on any atom is 0.201 e. The van der Waals surface area contributed by atoms with Gasteiger partial charge in [0, 0.05) is 20.6 Å². The number of ether oxygens (including phenoxy) is 1. The summed E-state index contributed by atoms with van der Waals surface area (Å²) < 4.78 is 19.7. The number of halogens is 3. The minimum absolute atomic E-state index is 0.140. The van der Waals surface area contributed by atoms with Gasteiger partial charge in [-0.15, -0.1) is 0 Å². The summed E-state index contributed by atoms with van der Waals surface area (Å²) in [6.45, 7) is -0.140. The zero-order valence-corrected chi connectivity index (χ0v) is 12.9. The summed E-state index contributed by atoms with van der Waals surface area (Å²) in [5.41, 5.74) is 0.540. The zero-order chi connectivity index (χ0) is 13.8. The van der Waals surface area contributed by atoms with Crippen LogP contribution in [0.5, 0.6) is 5.75 Å². The molecule has 0 N–H and O–H groups in total. The topological polar surface area (TPSA) is 26.3 Å². The Morgan fingerprint density at radius 1 is 1.16 bits per heavy atom. The second-order valence-electron chi connectivity index (χ2n) is 3.80. The average Bonchev–Trinajstić information content (AvgIpc) is 2.35. The lowest BCUT2D eigenvalue weighted by molar-refractivity contribution is 0.0920. The molecule has 0 radical (unpaired) electrons. The van der Waals surface area contributed by atoms with Crippen LogP contribution in [-0.4, -0.2) is 12.4 Å². The minimum atomic E-state index is -0.419. The Hall–Kier alpha value is -1.20. The standard InChI is InChI=1S/C14H9Br2FO2/c15-9-5-10(17)7-11(6-9)19-8-14(18)12-3-1-2-4-13(12)16/h1-7H,8H2. The molecule has 0 saturated heterocycles. The van der Waals surface area contributed by atoms with Crippen molar-refractivity contribution in [3.8, 4) is 5.75 Å². The molecule has 5 heteroatoms. The quantitative estimate of drug-likeness (QED) is 0.716. The second kappa shape index (κ2) is 6.30. The molecule has 0 heterocycles. The van der Waals surface area contributed by atoms with Crippen molar-refractivity contribution in [1.82, 2.24) is 0 Å². The molecule has 0 bridgehead atoms. The van der Waals surface area contributed by atoms with Crippen molar-refractivity contribution >= 4 is 37.6 Å². The van der Waals surface area contributed by atoms with Gasteiger partial charge in [0.1, 0.15) is 11.6 Å². The Morgan fingerprint density at radius 2 is 1.89 bits per heavy atom. The first-order valence-corrected chi connectivity index (χ1v) is 7.01. The van der Waals surface area contributed by atoms with Gasteiger partial charge in [0.15, 0.2) is 6.61 Å². The van der Waals surface area contributed by atoms with Gasteiger partial charge in [-0.3, -0.25) is 4.79 Å². The van der Waals surface area contributed by atoms with Gasteiger partial charge >= 0.3 is 0 Å². The van der Waals surface area contributed by atoms with E-state index in [-0.39, 0.29) is 12.4 Å². The van der Waals surface area contributed by atoms with E-state index in [1.165, 1.54) is 12.1 Å². The Bertz CT molecular complexity index is 594. The molecule has 98 valence electrons. The molecule has 0 aromatic heterocycles. The fourth-order valence-corrected chi connectivity index (χ4v) is 2.48. The van der Waals surface area contributed by atoms with E-state index in [1.807, 2.05) is 6.07 Å². The summed E-state index contributed by atoms with van der Waals surface area (Å²) in [4.78, 5) is 11.9. The number of hydrogen-bond donors (Lipinski definition) is 0. The number of ketones is 1. The SMILES string of the molecule is O=C(COc1cc(F)cc(Br)c1)c1ccccc1Br. The van der Waals surface area contributed by atoms with Crippen molar-refractivity contribution in [3.63, 3.8) is 0 Å². The molecule has 0 saturated carbocycles. The summed E-state index contributed by atoms with van der Waals surface area (Å²) >= 11 is 6.47. The van der Waals surface area contributed by atoms with E-state index in [0.717, 1.165) is 0 Å². The second-order valence-corrected chi connectivity index (χ2v) is 5.57. The molecule has 0 fully saturated rings. The van der Waals surface area contributed by atoms with Gasteiger partial charge < -0.3 is 4.74 Å². The van der Waals surface area contributed by atoms with E-state index in [4.69, 9.17) is 4.74 Å². The molecule has 0 amide bonds. The number of rotatable bonds is 4. The molecule has 0 aliphatic carbocycles. The van der Waals surface area contributed by atoms with Crippen molar-refractivity contribution in [2.75, 3.05) is 6.61 Å². The third kappa shape index (κ3) is 3.88. The summed E-state index contributed by atoms with van der Waals surface area (Å²) in [6, 6.07) is 11.3. The van der Waals surface area contributed by atoms with Crippen molar-refractivity contribution in [2.45, 2.75) is 0 Å². The Kier molecular flexibility index (Phi) is 4.71. The molecular weight excluding hydrogens is 379 g/mol. The van der Waals surface area contributed by atoms with E-state index < -0.39 is 5.82 Å².